The van der Waals surface area contributed by atoms with Crippen LogP contribution in [0, 0.1) is 47.3 Å². The number of aliphatic hydroxyl groups excluding tert-OH is 1. The predicted molar refractivity (Wildman–Crippen MR) is 171 cm³/mol. The van der Waals surface area contributed by atoms with Gasteiger partial charge in [-0.25, -0.2) is 9.59 Å². The van der Waals surface area contributed by atoms with Gasteiger partial charge in [-0.3, -0.25) is 9.59 Å². The van der Waals surface area contributed by atoms with Crippen LogP contribution >= 0.6 is 0 Å². The number of cyclic esters (lactones) is 1. The number of carbonyl (C=O) groups excluding carboxylic acids is 4. The second-order valence-electron chi connectivity index (χ2n) is 16.1. The van der Waals surface area contributed by atoms with E-state index in [0.717, 1.165) is 43.8 Å². The van der Waals surface area contributed by atoms with Gasteiger partial charge >= 0.3 is 17.9 Å². The molecule has 8 heteroatoms. The van der Waals surface area contributed by atoms with Gasteiger partial charge in [-0.1, -0.05) is 20.1 Å². The summed E-state index contributed by atoms with van der Waals surface area (Å²) >= 11 is 0. The molecule has 0 radical (unpaired) electrons. The smallest absolute Gasteiger partial charge is 0.337 e. The fourth-order valence-corrected chi connectivity index (χ4v) is 11.2. The maximum absolute atomic E-state index is 12.8. The molecule has 0 amide bonds. The number of hydrogen-bond acceptors (Lipinski definition) is 8. The molecular formula is C38H52O8. The molecule has 8 aliphatic carbocycles. The molecule has 1 saturated heterocycles. The number of rotatable bonds is 9. The summed E-state index contributed by atoms with van der Waals surface area (Å²) in [7, 11) is 0. The van der Waals surface area contributed by atoms with Crippen LogP contribution < -0.4 is 0 Å². The molecule has 1 heterocycles. The lowest BCUT2D eigenvalue weighted by Gasteiger charge is -2.60. The van der Waals surface area contributed by atoms with Crippen LogP contribution in [-0.4, -0.2) is 46.1 Å². The molecule has 0 aromatic heterocycles. The van der Waals surface area contributed by atoms with Gasteiger partial charge in [0.1, 0.15) is 23.2 Å². The van der Waals surface area contributed by atoms with E-state index < -0.39 is 29.6 Å². The summed E-state index contributed by atoms with van der Waals surface area (Å²) in [6.07, 6.45) is 14.4. The van der Waals surface area contributed by atoms with E-state index in [4.69, 9.17) is 14.2 Å². The molecule has 2 unspecified atom stereocenters. The summed E-state index contributed by atoms with van der Waals surface area (Å²) in [5, 5.41) is 9.61. The highest BCUT2D eigenvalue weighted by Gasteiger charge is 2.58. The van der Waals surface area contributed by atoms with E-state index >= 15 is 0 Å². The minimum absolute atomic E-state index is 0.0490. The average Bonchev–Trinajstić information content (AvgIpc) is 3.35. The normalized spacial score (nSPS) is 41.3. The van der Waals surface area contributed by atoms with Crippen molar-refractivity contribution in [3.63, 3.8) is 0 Å². The van der Waals surface area contributed by atoms with Gasteiger partial charge in [-0.2, -0.15) is 0 Å². The van der Waals surface area contributed by atoms with Crippen molar-refractivity contribution in [3.05, 3.63) is 36.1 Å². The van der Waals surface area contributed by atoms with Crippen molar-refractivity contribution in [2.75, 3.05) is 0 Å². The van der Waals surface area contributed by atoms with Crippen LogP contribution in [0.3, 0.4) is 0 Å². The molecule has 46 heavy (non-hydrogen) atoms. The fourth-order valence-electron chi connectivity index (χ4n) is 11.2. The zero-order valence-corrected chi connectivity index (χ0v) is 27.9. The van der Waals surface area contributed by atoms with Crippen molar-refractivity contribution in [3.8, 4) is 0 Å². The third kappa shape index (κ3) is 6.22. The number of hydrogen-bond donors (Lipinski definition) is 1. The van der Waals surface area contributed by atoms with Crippen LogP contribution in [0.5, 0.6) is 0 Å². The van der Waals surface area contributed by atoms with Crippen molar-refractivity contribution >= 4 is 23.7 Å². The van der Waals surface area contributed by atoms with E-state index in [0.29, 0.717) is 40.7 Å². The largest absolute Gasteiger partial charge is 0.515 e. The molecule has 0 aromatic carbocycles. The Morgan fingerprint density at radius 2 is 1.33 bits per heavy atom. The van der Waals surface area contributed by atoms with Gasteiger partial charge in [0.05, 0.1) is 11.8 Å². The number of Topliss-reactive ketones (excluding diaryl/α,β-unsaturated/α-hetero) is 1. The Labute approximate surface area is 273 Å². The quantitative estimate of drug-likeness (QED) is 0.0935. The lowest BCUT2D eigenvalue weighted by atomic mass is 9.49. The summed E-state index contributed by atoms with van der Waals surface area (Å²) < 4.78 is 17.2. The van der Waals surface area contributed by atoms with Crippen LogP contribution in [0.1, 0.15) is 111 Å². The highest BCUT2D eigenvalue weighted by molar-refractivity contribution is 6.08. The van der Waals surface area contributed by atoms with Gasteiger partial charge in [-0.05, 0) is 138 Å². The number of esters is 3. The van der Waals surface area contributed by atoms with E-state index in [1.54, 1.807) is 13.8 Å². The van der Waals surface area contributed by atoms with Gasteiger partial charge in [0.2, 0.25) is 0 Å². The first-order valence-corrected chi connectivity index (χ1v) is 17.7. The maximum atomic E-state index is 12.8. The topological polar surface area (TPSA) is 116 Å². The number of ether oxygens (including phenoxy) is 3. The summed E-state index contributed by atoms with van der Waals surface area (Å²) in [6.45, 7) is 12.8. The van der Waals surface area contributed by atoms with Crippen LogP contribution in [-0.2, 0) is 33.4 Å². The van der Waals surface area contributed by atoms with E-state index in [-0.39, 0.29) is 35.8 Å². The molecular weight excluding hydrogens is 584 g/mol. The molecule has 1 N–H and O–H groups in total. The van der Waals surface area contributed by atoms with Gasteiger partial charge in [0, 0.05) is 18.4 Å². The molecule has 9 fully saturated rings. The molecule has 252 valence electrons. The lowest BCUT2D eigenvalue weighted by Crippen LogP contribution is -2.59. The first-order chi connectivity index (χ1) is 21.8. The zero-order chi connectivity index (χ0) is 33.0. The van der Waals surface area contributed by atoms with Crippen LogP contribution in [0.25, 0.3) is 0 Å². The van der Waals surface area contributed by atoms with Crippen LogP contribution in [0.2, 0.25) is 0 Å². The summed E-state index contributed by atoms with van der Waals surface area (Å²) in [4.78, 5) is 48.8. The maximum Gasteiger partial charge on any atom is 0.337 e. The van der Waals surface area contributed by atoms with Gasteiger partial charge in [-0.15, -0.1) is 0 Å². The summed E-state index contributed by atoms with van der Waals surface area (Å²) in [5.74, 6) is 2.47. The first kappa shape index (κ1) is 33.0. The Morgan fingerprint density at radius 3 is 1.78 bits per heavy atom. The molecule has 1 aliphatic heterocycles. The van der Waals surface area contributed by atoms with E-state index in [1.807, 2.05) is 0 Å². The minimum atomic E-state index is -0.874. The highest BCUT2D eigenvalue weighted by Crippen LogP contribution is 2.61. The Balaban J connectivity index is 0.000000178. The Kier molecular flexibility index (Phi) is 9.05. The van der Waals surface area contributed by atoms with Gasteiger partial charge in [0.25, 0.3) is 0 Å². The third-order valence-electron chi connectivity index (χ3n) is 12.7. The van der Waals surface area contributed by atoms with Crippen molar-refractivity contribution < 1.29 is 38.5 Å². The second kappa shape index (κ2) is 12.6. The number of aliphatic hydroxyl groups is 1. The molecule has 2 atom stereocenters. The number of carbonyl (C=O) groups is 4. The first-order valence-electron chi connectivity index (χ1n) is 17.7. The third-order valence-corrected chi connectivity index (χ3v) is 12.7. The Morgan fingerprint density at radius 1 is 0.804 bits per heavy atom. The van der Waals surface area contributed by atoms with Gasteiger partial charge in [0.15, 0.2) is 5.78 Å². The highest BCUT2D eigenvalue weighted by atomic mass is 16.6. The van der Waals surface area contributed by atoms with Gasteiger partial charge < -0.3 is 19.3 Å². The summed E-state index contributed by atoms with van der Waals surface area (Å²) in [6, 6.07) is 0. The van der Waals surface area contributed by atoms with E-state index in [9.17, 15) is 24.3 Å². The van der Waals surface area contributed by atoms with Crippen molar-refractivity contribution in [1.29, 1.82) is 0 Å². The SMILES string of the molecule is C=C(C)C(=O)C1CC(CC(=CO)C(=O)OC23CC4CC(CC(C4)C2)C3)OC1=O.C=C(C)C(=O)OC1(CC)C2CC3CC(C2)CC1C3. The van der Waals surface area contributed by atoms with Crippen molar-refractivity contribution in [1.82, 2.24) is 0 Å². The standard InChI is InChI=1S/C22H28O6.C16H24O2/c1-12(2)19(24)18-7-17(27-21(18)26)6-16(11-23)20(25)28-22-8-13-3-14(9-22)5-15(4-13)10-22;1-4-16(18-15(17)10(2)3)13-6-11-5-12(8-13)9-14(16)7-11/h11,13-15,17-18,23H,1,3-10H2,2H3;11-14H,2,4-9H2,1,3H3. The van der Waals surface area contributed by atoms with Crippen LogP contribution in [0.4, 0.5) is 0 Å². The van der Waals surface area contributed by atoms with Crippen LogP contribution in [0.15, 0.2) is 36.1 Å². The van der Waals surface area contributed by atoms with Crippen molar-refractivity contribution in [2.45, 2.75) is 128 Å². The molecule has 9 aliphatic rings. The molecule has 8 saturated carbocycles. The lowest BCUT2D eigenvalue weighted by molar-refractivity contribution is -0.207. The second-order valence-corrected chi connectivity index (χ2v) is 16.1. The molecule has 0 spiro atoms. The predicted octanol–water partition coefficient (Wildman–Crippen LogP) is 7.12. The average molecular weight is 637 g/mol. The number of ketones is 1. The molecule has 8 bridgehead atoms. The fraction of sp³-hybridized carbons (Fsp3) is 0.737. The van der Waals surface area contributed by atoms with E-state index in [1.165, 1.54) is 51.4 Å². The van der Waals surface area contributed by atoms with E-state index in [2.05, 4.69) is 20.1 Å². The zero-order valence-electron chi connectivity index (χ0n) is 27.9. The summed E-state index contributed by atoms with van der Waals surface area (Å²) in [5.41, 5.74) is 0.379. The number of allylic oxidation sites excluding steroid dienone is 1. The minimum Gasteiger partial charge on any atom is -0.515 e. The monoisotopic (exact) mass is 636 g/mol. The Bertz CT molecular complexity index is 1260. The molecule has 8 nitrogen and oxygen atoms in total. The molecule has 9 rings (SSSR count). The Hall–Kier alpha value is -2.90. The molecule has 0 aromatic rings. The van der Waals surface area contributed by atoms with Crippen molar-refractivity contribution in [2.24, 2.45) is 47.3 Å².